The Morgan fingerprint density at radius 2 is 2.18 bits per heavy atom. The van der Waals surface area contributed by atoms with Crippen LogP contribution in [-0.4, -0.2) is 31.4 Å². The Morgan fingerprint density at radius 3 is 3.03 bits per heavy atom. The molecule has 8 nitrogen and oxygen atoms in total. The van der Waals surface area contributed by atoms with Crippen molar-refractivity contribution in [1.29, 1.82) is 0 Å². The average Bonchev–Trinajstić information content (AvgIpc) is 3.51. The number of rotatable bonds is 5. The summed E-state index contributed by atoms with van der Waals surface area (Å²) in [5, 5.41) is 8.26. The normalized spacial score (nSPS) is 17.5. The Kier molecular flexibility index (Phi) is 5.38. The lowest BCUT2D eigenvalue weighted by Crippen LogP contribution is -2.24. The van der Waals surface area contributed by atoms with Gasteiger partial charge < -0.3 is 14.6 Å². The fourth-order valence-electron chi connectivity index (χ4n) is 4.58. The quantitative estimate of drug-likeness (QED) is 0.413. The zero-order valence-electron chi connectivity index (χ0n) is 18.2. The summed E-state index contributed by atoms with van der Waals surface area (Å²) in [4.78, 5) is 5.36. The molecule has 1 atom stereocenters. The van der Waals surface area contributed by atoms with Crippen molar-refractivity contribution in [2.45, 2.75) is 32.0 Å². The Morgan fingerprint density at radius 1 is 1.29 bits per heavy atom. The van der Waals surface area contributed by atoms with E-state index in [9.17, 15) is 8.42 Å². The largest absolute Gasteiger partial charge is 0.481 e. The molecule has 11 heteroatoms. The third-order valence-electron chi connectivity index (χ3n) is 6.09. The molecule has 2 aliphatic heterocycles. The second-order valence-electron chi connectivity index (χ2n) is 8.53. The Balaban J connectivity index is 1.39. The molecule has 0 unspecified atom stereocenters. The van der Waals surface area contributed by atoms with Crippen LogP contribution < -0.4 is 14.8 Å². The monoisotopic (exact) mass is 516 g/mol. The van der Waals surface area contributed by atoms with Crippen LogP contribution in [0.25, 0.3) is 21.3 Å². The Labute approximate surface area is 205 Å². The lowest BCUT2D eigenvalue weighted by molar-refractivity contribution is 0.189. The summed E-state index contributed by atoms with van der Waals surface area (Å²) in [6, 6.07) is 7.69. The SMILES string of the molecule is CS(=O)(=O)NCc1cc2nccc(-c3cc(Cl)cc4c3O[C@@H](c3onc5c3CNCC5)C4)c2s1. The van der Waals surface area contributed by atoms with E-state index in [2.05, 4.69) is 20.2 Å². The van der Waals surface area contributed by atoms with E-state index in [1.165, 1.54) is 11.3 Å². The van der Waals surface area contributed by atoms with Gasteiger partial charge in [0.15, 0.2) is 11.9 Å². The molecule has 3 aromatic heterocycles. The highest BCUT2D eigenvalue weighted by atomic mass is 35.5. The van der Waals surface area contributed by atoms with Gasteiger partial charge in [-0.05, 0) is 24.3 Å². The molecule has 0 bridgehead atoms. The molecule has 34 heavy (non-hydrogen) atoms. The molecule has 0 radical (unpaired) electrons. The predicted molar refractivity (Wildman–Crippen MR) is 131 cm³/mol. The van der Waals surface area contributed by atoms with Gasteiger partial charge in [-0.25, -0.2) is 13.1 Å². The minimum atomic E-state index is -3.29. The van der Waals surface area contributed by atoms with E-state index in [1.807, 2.05) is 24.3 Å². The molecule has 176 valence electrons. The van der Waals surface area contributed by atoms with Crippen molar-refractivity contribution < 1.29 is 17.7 Å². The number of hydrogen-bond acceptors (Lipinski definition) is 8. The van der Waals surface area contributed by atoms with E-state index >= 15 is 0 Å². The van der Waals surface area contributed by atoms with Crippen molar-refractivity contribution in [3.8, 4) is 16.9 Å². The molecule has 0 fully saturated rings. The number of nitrogens with one attached hydrogen (secondary N) is 2. The summed E-state index contributed by atoms with van der Waals surface area (Å²) in [6.07, 6.45) is 4.12. The molecule has 0 amide bonds. The van der Waals surface area contributed by atoms with E-state index in [-0.39, 0.29) is 12.6 Å². The average molecular weight is 517 g/mol. The maximum Gasteiger partial charge on any atom is 0.209 e. The summed E-state index contributed by atoms with van der Waals surface area (Å²) >= 11 is 8.04. The fourth-order valence-corrected chi connectivity index (χ4v) is 6.41. The number of nitrogens with zero attached hydrogens (tertiary/aromatic N) is 2. The van der Waals surface area contributed by atoms with Crippen LogP contribution >= 0.6 is 22.9 Å². The first kappa shape index (κ1) is 22.0. The van der Waals surface area contributed by atoms with E-state index in [4.69, 9.17) is 20.9 Å². The van der Waals surface area contributed by atoms with E-state index in [0.717, 1.165) is 80.3 Å². The summed E-state index contributed by atoms with van der Waals surface area (Å²) in [7, 11) is -3.29. The van der Waals surface area contributed by atoms with Gasteiger partial charge in [0.2, 0.25) is 10.0 Å². The van der Waals surface area contributed by atoms with Gasteiger partial charge in [-0.2, -0.15) is 0 Å². The Bertz CT molecular complexity index is 1530. The third kappa shape index (κ3) is 3.99. The van der Waals surface area contributed by atoms with Crippen molar-refractivity contribution >= 4 is 43.2 Å². The first-order chi connectivity index (χ1) is 16.4. The van der Waals surface area contributed by atoms with Crippen molar-refractivity contribution in [2.75, 3.05) is 12.8 Å². The van der Waals surface area contributed by atoms with Crippen molar-refractivity contribution in [3.63, 3.8) is 0 Å². The lowest BCUT2D eigenvalue weighted by atomic mass is 9.99. The molecule has 0 saturated heterocycles. The fraction of sp³-hybridized carbons (Fsp3) is 0.304. The highest BCUT2D eigenvalue weighted by molar-refractivity contribution is 7.88. The molecule has 2 aliphatic rings. The second kappa shape index (κ2) is 8.31. The van der Waals surface area contributed by atoms with Crippen LogP contribution in [0.15, 0.2) is 35.0 Å². The smallest absolute Gasteiger partial charge is 0.209 e. The number of hydrogen-bond donors (Lipinski definition) is 2. The van der Waals surface area contributed by atoms with Crippen LogP contribution in [0.2, 0.25) is 5.02 Å². The predicted octanol–water partition coefficient (Wildman–Crippen LogP) is 3.98. The summed E-state index contributed by atoms with van der Waals surface area (Å²) in [6.45, 7) is 1.84. The zero-order valence-corrected chi connectivity index (χ0v) is 20.6. The number of pyridine rings is 1. The number of thiophene rings is 1. The third-order valence-corrected chi connectivity index (χ3v) is 8.13. The molecular weight excluding hydrogens is 496 g/mol. The summed E-state index contributed by atoms with van der Waals surface area (Å²) < 4.78 is 38.7. The molecule has 0 spiro atoms. The molecule has 5 heterocycles. The van der Waals surface area contributed by atoms with Gasteiger partial charge in [-0.3, -0.25) is 4.98 Å². The number of benzene rings is 1. The summed E-state index contributed by atoms with van der Waals surface area (Å²) in [5.74, 6) is 1.55. The highest BCUT2D eigenvalue weighted by Gasteiger charge is 2.34. The molecular formula is C23H21ClN4O4S2. The van der Waals surface area contributed by atoms with Gasteiger partial charge in [0.25, 0.3) is 0 Å². The first-order valence-electron chi connectivity index (χ1n) is 10.9. The standard InChI is InChI=1S/C23H21ClN4O4S2/c1-34(29,30)27-10-14-9-19-23(33-14)15(2-5-26-19)16-8-13(24)6-12-7-20(31-21(12)16)22-17-11-25-4-3-18(17)28-32-22/h2,5-6,8-9,20,25,27H,3-4,7,10-11H2,1H3/t20-/m1/s1. The van der Waals surface area contributed by atoms with Gasteiger partial charge in [0.1, 0.15) is 5.75 Å². The van der Waals surface area contributed by atoms with Crippen LogP contribution in [0.3, 0.4) is 0 Å². The molecule has 0 aliphatic carbocycles. The van der Waals surface area contributed by atoms with Crippen LogP contribution in [0.1, 0.15) is 33.6 Å². The van der Waals surface area contributed by atoms with Crippen LogP contribution in [0.4, 0.5) is 0 Å². The molecule has 0 saturated carbocycles. The van der Waals surface area contributed by atoms with Crippen molar-refractivity contribution in [2.24, 2.45) is 0 Å². The molecule has 4 aromatic rings. The first-order valence-corrected chi connectivity index (χ1v) is 13.9. The topological polar surface area (TPSA) is 106 Å². The van der Waals surface area contributed by atoms with Crippen LogP contribution in [0.5, 0.6) is 5.75 Å². The number of sulfonamides is 1. The Hall–Kier alpha value is -2.50. The van der Waals surface area contributed by atoms with Crippen molar-refractivity contribution in [1.82, 2.24) is 20.2 Å². The molecule has 2 N–H and O–H groups in total. The van der Waals surface area contributed by atoms with Gasteiger partial charge in [-0.15, -0.1) is 11.3 Å². The maximum atomic E-state index is 11.5. The van der Waals surface area contributed by atoms with Gasteiger partial charge >= 0.3 is 0 Å². The number of aromatic nitrogens is 2. The molecule has 6 rings (SSSR count). The van der Waals surface area contributed by atoms with Crippen LogP contribution in [0, 0.1) is 0 Å². The number of ether oxygens (including phenoxy) is 1. The number of fused-ring (bicyclic) bond motifs is 3. The second-order valence-corrected chi connectivity index (χ2v) is 11.9. The summed E-state index contributed by atoms with van der Waals surface area (Å²) in [5.41, 5.74) is 5.73. The zero-order chi connectivity index (χ0) is 23.4. The van der Waals surface area contributed by atoms with Gasteiger partial charge in [-0.1, -0.05) is 16.8 Å². The van der Waals surface area contributed by atoms with E-state index in [0.29, 0.717) is 11.4 Å². The maximum absolute atomic E-state index is 11.5. The van der Waals surface area contributed by atoms with Crippen LogP contribution in [-0.2, 0) is 36.0 Å². The minimum Gasteiger partial charge on any atom is -0.481 e. The minimum absolute atomic E-state index is 0.218. The van der Waals surface area contributed by atoms with Crippen molar-refractivity contribution in [3.05, 3.63) is 62.9 Å². The number of halogens is 1. The van der Waals surface area contributed by atoms with E-state index in [1.54, 1.807) is 6.20 Å². The molecule has 1 aromatic carbocycles. The van der Waals surface area contributed by atoms with E-state index < -0.39 is 10.0 Å². The van der Waals surface area contributed by atoms with Gasteiger partial charge in [0, 0.05) is 70.8 Å². The lowest BCUT2D eigenvalue weighted by Gasteiger charge is -2.15. The van der Waals surface area contributed by atoms with Gasteiger partial charge in [0.05, 0.1) is 22.2 Å². The highest BCUT2D eigenvalue weighted by Crippen LogP contribution is 2.48.